The summed E-state index contributed by atoms with van der Waals surface area (Å²) >= 11 is 0. The Balaban J connectivity index is 1.15. The lowest BCUT2D eigenvalue weighted by Gasteiger charge is -2.13. The third-order valence-corrected chi connectivity index (χ3v) is 6.08. The van der Waals surface area contributed by atoms with Crippen molar-refractivity contribution in [3.8, 4) is 16.9 Å². The molecule has 7 heteroatoms. The maximum absolute atomic E-state index is 12.5. The number of carbonyl (C=O) groups excluding carboxylic acids is 2. The van der Waals surface area contributed by atoms with Crippen molar-refractivity contribution in [2.45, 2.75) is 25.9 Å². The molecule has 7 nitrogen and oxygen atoms in total. The average molecular weight is 481 g/mol. The van der Waals surface area contributed by atoms with Crippen LogP contribution in [0.4, 0.5) is 5.69 Å². The van der Waals surface area contributed by atoms with Crippen LogP contribution in [0.25, 0.3) is 11.1 Å². The molecule has 0 spiro atoms. The quantitative estimate of drug-likeness (QED) is 0.346. The molecule has 182 valence electrons. The predicted octanol–water partition coefficient (Wildman–Crippen LogP) is 4.64. The molecule has 1 heterocycles. The molecule has 1 aromatic heterocycles. The smallest absolute Gasteiger partial charge is 0.258 e. The first-order valence-corrected chi connectivity index (χ1v) is 12.1. The van der Waals surface area contributed by atoms with Gasteiger partial charge in [0, 0.05) is 36.6 Å². The summed E-state index contributed by atoms with van der Waals surface area (Å²) < 4.78 is 7.55. The van der Waals surface area contributed by atoms with Gasteiger partial charge in [-0.05, 0) is 53.3 Å². The van der Waals surface area contributed by atoms with Crippen LogP contribution in [0.15, 0.2) is 91.3 Å². The fourth-order valence-corrected chi connectivity index (χ4v) is 3.97. The topological polar surface area (TPSA) is 85.2 Å². The first-order chi connectivity index (χ1) is 17.6. The Hall–Kier alpha value is -4.39. The molecule has 4 aromatic rings. The number of hydrogen-bond donors (Lipinski definition) is 2. The van der Waals surface area contributed by atoms with Crippen LogP contribution in [0.5, 0.6) is 5.75 Å². The van der Waals surface area contributed by atoms with E-state index in [9.17, 15) is 9.59 Å². The number of nitrogens with zero attached hydrogens (tertiary/aromatic N) is 2. The normalized spacial score (nSPS) is 12.7. The van der Waals surface area contributed by atoms with E-state index in [1.807, 2.05) is 41.2 Å². The van der Waals surface area contributed by atoms with Crippen LogP contribution in [0.3, 0.4) is 0 Å². The van der Waals surface area contributed by atoms with Gasteiger partial charge in [-0.3, -0.25) is 14.3 Å². The Bertz CT molecular complexity index is 1330. The van der Waals surface area contributed by atoms with Gasteiger partial charge in [0.05, 0.1) is 6.54 Å². The van der Waals surface area contributed by atoms with E-state index < -0.39 is 0 Å². The molecule has 2 amide bonds. The monoisotopic (exact) mass is 480 g/mol. The van der Waals surface area contributed by atoms with Crippen LogP contribution in [0, 0.1) is 5.92 Å². The Kier molecular flexibility index (Phi) is 7.07. The highest BCUT2D eigenvalue weighted by Gasteiger charge is 2.29. The zero-order valence-electron chi connectivity index (χ0n) is 19.9. The molecule has 5 rings (SSSR count). The van der Waals surface area contributed by atoms with E-state index >= 15 is 0 Å². The summed E-state index contributed by atoms with van der Waals surface area (Å²) in [5.74, 6) is 0.487. The molecule has 0 saturated heterocycles. The van der Waals surface area contributed by atoms with Gasteiger partial charge < -0.3 is 15.4 Å². The van der Waals surface area contributed by atoms with Crippen molar-refractivity contribution in [3.63, 3.8) is 0 Å². The van der Waals surface area contributed by atoms with E-state index in [4.69, 9.17) is 4.74 Å². The van der Waals surface area contributed by atoms with Gasteiger partial charge >= 0.3 is 0 Å². The lowest BCUT2D eigenvalue weighted by molar-refractivity contribution is -0.123. The summed E-state index contributed by atoms with van der Waals surface area (Å²) in [6.45, 7) is 1.01. The standard InChI is InChI=1S/C29H28N4O3/c34-28(20-36-26-7-3-6-25(17-26)32-29(35)23-13-14-23)30-18-24-5-1-2-8-27(24)22-11-9-21(10-12-22)19-33-16-4-15-31-33/h1-12,15-17,23H,13-14,18-20H2,(H,30,34)(H,32,35). The number of anilines is 1. The molecule has 1 saturated carbocycles. The molecule has 2 N–H and O–H groups in total. The maximum Gasteiger partial charge on any atom is 0.258 e. The van der Waals surface area contributed by atoms with E-state index in [0.29, 0.717) is 18.0 Å². The molecule has 0 radical (unpaired) electrons. The molecule has 36 heavy (non-hydrogen) atoms. The first-order valence-electron chi connectivity index (χ1n) is 12.1. The van der Waals surface area contributed by atoms with Crippen LogP contribution in [-0.4, -0.2) is 28.2 Å². The van der Waals surface area contributed by atoms with Crippen LogP contribution < -0.4 is 15.4 Å². The van der Waals surface area contributed by atoms with Crippen LogP contribution in [0.1, 0.15) is 24.0 Å². The van der Waals surface area contributed by atoms with Gasteiger partial charge in [0.1, 0.15) is 5.75 Å². The highest BCUT2D eigenvalue weighted by Crippen LogP contribution is 2.30. The molecular weight excluding hydrogens is 452 g/mol. The number of carbonyl (C=O) groups is 2. The molecule has 0 atom stereocenters. The largest absolute Gasteiger partial charge is 0.484 e. The number of nitrogens with one attached hydrogen (secondary N) is 2. The van der Waals surface area contributed by atoms with E-state index in [-0.39, 0.29) is 24.3 Å². The number of aromatic nitrogens is 2. The van der Waals surface area contributed by atoms with Crippen molar-refractivity contribution in [3.05, 3.63) is 102 Å². The number of amides is 2. The van der Waals surface area contributed by atoms with Crippen LogP contribution in [0.2, 0.25) is 0 Å². The molecule has 0 unspecified atom stereocenters. The highest BCUT2D eigenvalue weighted by atomic mass is 16.5. The van der Waals surface area contributed by atoms with E-state index in [0.717, 1.165) is 36.1 Å². The molecule has 0 aliphatic heterocycles. The van der Waals surface area contributed by atoms with Gasteiger partial charge in [-0.25, -0.2) is 0 Å². The third kappa shape index (κ3) is 6.18. The van der Waals surface area contributed by atoms with Gasteiger partial charge in [-0.2, -0.15) is 5.10 Å². The molecular formula is C29H28N4O3. The van der Waals surface area contributed by atoms with Gasteiger partial charge in [0.2, 0.25) is 5.91 Å². The Morgan fingerprint density at radius 1 is 0.972 bits per heavy atom. The Morgan fingerprint density at radius 3 is 2.58 bits per heavy atom. The average Bonchev–Trinajstić information content (AvgIpc) is 3.64. The summed E-state index contributed by atoms with van der Waals surface area (Å²) in [5.41, 5.74) is 5.03. The fourth-order valence-electron chi connectivity index (χ4n) is 3.97. The van der Waals surface area contributed by atoms with Crippen LogP contribution >= 0.6 is 0 Å². The second-order valence-corrected chi connectivity index (χ2v) is 8.91. The summed E-state index contributed by atoms with van der Waals surface area (Å²) in [5, 5.41) is 10.1. The van der Waals surface area contributed by atoms with Gasteiger partial charge in [-0.1, -0.05) is 54.6 Å². The molecule has 0 bridgehead atoms. The third-order valence-electron chi connectivity index (χ3n) is 6.08. The number of benzene rings is 3. The summed E-state index contributed by atoms with van der Waals surface area (Å²) in [7, 11) is 0. The summed E-state index contributed by atoms with van der Waals surface area (Å²) in [6, 6.07) is 25.5. The molecule has 3 aromatic carbocycles. The zero-order valence-corrected chi connectivity index (χ0v) is 19.9. The number of hydrogen-bond acceptors (Lipinski definition) is 4. The van der Waals surface area contributed by atoms with Crippen molar-refractivity contribution in [1.82, 2.24) is 15.1 Å². The summed E-state index contributed by atoms with van der Waals surface area (Å²) in [6.07, 6.45) is 5.61. The van der Waals surface area contributed by atoms with Crippen molar-refractivity contribution < 1.29 is 14.3 Å². The first kappa shape index (κ1) is 23.4. The van der Waals surface area contributed by atoms with Crippen molar-refractivity contribution in [2.75, 3.05) is 11.9 Å². The highest BCUT2D eigenvalue weighted by molar-refractivity contribution is 5.94. The second kappa shape index (κ2) is 10.9. The van der Waals surface area contributed by atoms with Gasteiger partial charge in [0.15, 0.2) is 6.61 Å². The maximum atomic E-state index is 12.5. The minimum absolute atomic E-state index is 0.0381. The van der Waals surface area contributed by atoms with Gasteiger partial charge in [0.25, 0.3) is 5.91 Å². The minimum Gasteiger partial charge on any atom is -0.484 e. The fraction of sp³-hybridized carbons (Fsp3) is 0.207. The minimum atomic E-state index is -0.216. The molecule has 1 fully saturated rings. The van der Waals surface area contributed by atoms with Crippen molar-refractivity contribution in [1.29, 1.82) is 0 Å². The SMILES string of the molecule is O=C(COc1cccc(NC(=O)C2CC2)c1)NCc1ccccc1-c1ccc(Cn2cccn2)cc1. The lowest BCUT2D eigenvalue weighted by atomic mass is 9.98. The van der Waals surface area contributed by atoms with Crippen molar-refractivity contribution in [2.24, 2.45) is 5.92 Å². The van der Waals surface area contributed by atoms with E-state index in [1.165, 1.54) is 5.56 Å². The van der Waals surface area contributed by atoms with Crippen LogP contribution in [-0.2, 0) is 22.7 Å². The second-order valence-electron chi connectivity index (χ2n) is 8.91. The lowest BCUT2D eigenvalue weighted by Crippen LogP contribution is -2.28. The molecule has 1 aliphatic rings. The molecule has 1 aliphatic carbocycles. The zero-order chi connectivity index (χ0) is 24.7. The van der Waals surface area contributed by atoms with E-state index in [1.54, 1.807) is 24.4 Å². The predicted molar refractivity (Wildman–Crippen MR) is 138 cm³/mol. The number of rotatable bonds is 10. The Morgan fingerprint density at radius 2 is 1.81 bits per heavy atom. The van der Waals surface area contributed by atoms with E-state index in [2.05, 4.69) is 46.1 Å². The van der Waals surface area contributed by atoms with Gasteiger partial charge in [-0.15, -0.1) is 0 Å². The number of ether oxygens (including phenoxy) is 1. The summed E-state index contributed by atoms with van der Waals surface area (Å²) in [4.78, 5) is 24.4. The Labute approximate surface area is 210 Å². The van der Waals surface area contributed by atoms with Crippen molar-refractivity contribution >= 4 is 17.5 Å².